The molecule has 0 N–H and O–H groups in total. The van der Waals surface area contributed by atoms with E-state index in [1.54, 1.807) is 0 Å². The van der Waals surface area contributed by atoms with Crippen LogP contribution in [0.15, 0.2) is 54.6 Å². The van der Waals surface area contributed by atoms with Crippen LogP contribution in [0, 0.1) is 17.3 Å². The zero-order chi connectivity index (χ0) is 81.8. The summed E-state index contributed by atoms with van der Waals surface area (Å²) in [5.74, 6) is 6.90. The number of nitrogens with zero attached hydrogens (tertiary/aromatic N) is 1. The van der Waals surface area contributed by atoms with Gasteiger partial charge in [-0.1, -0.05) is 658 Å². The number of hydrogen-bond donors (Lipinski definition) is 0. The normalized spacial score (nSPS) is 11.9. The molecule has 2 rings (SSSR count). The van der Waals surface area contributed by atoms with Gasteiger partial charge in [0.05, 0.1) is 0 Å². The molecule has 0 radical (unpaired) electrons. The lowest BCUT2D eigenvalue weighted by molar-refractivity contribution is 0.365. The van der Waals surface area contributed by atoms with Gasteiger partial charge in [0.25, 0.3) is 0 Å². The average Bonchev–Trinajstić information content (AvgIpc) is 0.829. The highest BCUT2D eigenvalue weighted by Crippen LogP contribution is 2.27. The molecule has 0 aromatic heterocycles. The first kappa shape index (κ1) is 112. The predicted molar refractivity (Wildman–Crippen MR) is 533 cm³/mol. The van der Waals surface area contributed by atoms with Crippen molar-refractivity contribution in [3.05, 3.63) is 60.2 Å². The van der Waals surface area contributed by atoms with Crippen molar-refractivity contribution < 1.29 is 0 Å². The lowest BCUT2D eigenvalue weighted by Gasteiger charge is -2.17. The third kappa shape index (κ3) is 85.8. The summed E-state index contributed by atoms with van der Waals surface area (Å²) in [7, 11) is 2.20. The van der Waals surface area contributed by atoms with Crippen LogP contribution in [-0.4, -0.2) is 18.5 Å². The molecule has 0 spiro atoms. The van der Waals surface area contributed by atoms with Crippen LogP contribution in [0.5, 0.6) is 0 Å². The Bertz CT molecular complexity index is 2240. The van der Waals surface area contributed by atoms with Crippen LogP contribution in [0.4, 0.5) is 0 Å². The average molecular weight is 1630 g/mol. The second kappa shape index (κ2) is 95.5. The smallest absolute Gasteiger partial charge is 0.0262 e. The van der Waals surface area contributed by atoms with Crippen molar-refractivity contribution >= 4 is 23.2 Å². The van der Waals surface area contributed by atoms with Crippen LogP contribution in [-0.2, 0) is 6.54 Å². The number of fused-ring (bicyclic) bond motifs is 1. The van der Waals surface area contributed by atoms with Crippen LogP contribution in [0.2, 0.25) is 0 Å². The minimum absolute atomic E-state index is 0. The van der Waals surface area contributed by atoms with Gasteiger partial charge in [-0.25, -0.2) is 0 Å². The van der Waals surface area contributed by atoms with Crippen molar-refractivity contribution in [1.82, 2.24) is 4.90 Å². The Balaban J connectivity index is 0.0000673. The lowest BCUT2D eigenvalue weighted by atomic mass is 9.87. The number of unbranched alkanes of at least 4 members (excludes halogenated alkanes) is 91. The van der Waals surface area contributed by atoms with E-state index in [9.17, 15) is 0 Å². The lowest BCUT2D eigenvalue weighted by Crippen LogP contribution is -2.17. The highest BCUT2D eigenvalue weighted by molar-refractivity contribution is 5.86. The summed E-state index contributed by atoms with van der Waals surface area (Å²) in [6.07, 6.45) is 142. The molecule has 0 aliphatic rings. The predicted octanol–water partition coefficient (Wildman–Crippen LogP) is 41.6. The molecule has 0 bridgehead atoms. The first-order valence-electron chi connectivity index (χ1n) is 54.3. The summed E-state index contributed by atoms with van der Waals surface area (Å²) >= 11 is 0. The van der Waals surface area contributed by atoms with Gasteiger partial charge < -0.3 is 0 Å². The highest BCUT2D eigenvalue weighted by atomic mass is 35.5. The monoisotopic (exact) mass is 1630 g/mol. The maximum atomic E-state index is 3.54. The molecule has 2 aromatic carbocycles. The van der Waals surface area contributed by atoms with Gasteiger partial charge >= 0.3 is 0 Å². The largest absolute Gasteiger partial charge is 0.298 e. The minimum Gasteiger partial charge on any atom is -0.298 e. The van der Waals surface area contributed by atoms with E-state index in [2.05, 4.69) is 99.2 Å². The number of rotatable bonds is 97. The first-order valence-corrected chi connectivity index (χ1v) is 54.3. The van der Waals surface area contributed by atoms with Crippen molar-refractivity contribution in [2.75, 3.05) is 13.6 Å². The van der Waals surface area contributed by atoms with Crippen molar-refractivity contribution in [2.24, 2.45) is 5.41 Å². The summed E-state index contributed by atoms with van der Waals surface area (Å²) < 4.78 is 0. The second-order valence-electron chi connectivity index (χ2n) is 39.3. The Morgan fingerprint density at radius 1 is 0.241 bits per heavy atom. The fourth-order valence-electron chi connectivity index (χ4n) is 18.9. The van der Waals surface area contributed by atoms with Crippen LogP contribution < -0.4 is 0 Å². The van der Waals surface area contributed by atoms with Gasteiger partial charge in [-0.05, 0) is 49.7 Å². The molecular formula is C114H212ClN. The molecule has 2 heteroatoms. The van der Waals surface area contributed by atoms with Crippen LogP contribution in [0.25, 0.3) is 10.8 Å². The van der Waals surface area contributed by atoms with Crippen molar-refractivity contribution in [3.8, 4) is 11.8 Å². The van der Waals surface area contributed by atoms with Gasteiger partial charge in [-0.15, -0.1) is 12.4 Å². The summed E-state index contributed by atoms with van der Waals surface area (Å²) in [4.78, 5) is 2.36. The molecule has 680 valence electrons. The molecular weight excluding hydrogens is 1420 g/mol. The van der Waals surface area contributed by atoms with Gasteiger partial charge in [0.2, 0.25) is 0 Å². The summed E-state index contributed by atoms with van der Waals surface area (Å²) in [5, 5.41) is 2.68. The molecule has 0 aliphatic heterocycles. The fraction of sp³-hybridized carbons (Fsp3) is 0.877. The molecule has 0 saturated carbocycles. The van der Waals surface area contributed by atoms with Crippen LogP contribution >= 0.6 is 12.4 Å². The second-order valence-corrected chi connectivity index (χ2v) is 39.3. The SMILES string of the molecule is CCCCCCCCCCCCCCCCCCCCCCCCCCCCCCCCCCCCCCCCCCCCCCCCCCCCCCCCCCCCCCCCCCCCCCCCCCCCCCCCCCCCCCCCCCCCCCC(C)(C)C#CC=CCN(C)Cc1cccc2ccccc12.Cl. The molecule has 0 saturated heterocycles. The maximum absolute atomic E-state index is 3.54. The molecule has 1 nitrogen and oxygen atoms in total. The standard InChI is InChI=1S/C114H211N.ClH/c1-5-6-7-8-9-10-11-12-13-14-15-16-17-18-19-20-21-22-23-24-25-26-27-28-29-30-31-32-33-34-35-36-37-38-39-40-41-42-43-44-45-46-47-48-49-50-51-52-53-54-55-56-57-58-59-60-61-62-63-64-65-66-67-68-69-70-71-72-73-74-75-76-77-78-79-80-81-82-83-84-85-86-87-88-89-90-91-92-93-94-95-99-107-114(2,3)108-100-96-101-109-115(4)110-112-105-102-104-111-103-97-98-106-113(111)112;/h96-98,101-106H,5-95,99,107,109-110H2,1-4H3;1H. The Labute approximate surface area is 738 Å². The Kier molecular flexibility index (Phi) is 92.4. The minimum atomic E-state index is 0. The van der Waals surface area contributed by atoms with Gasteiger partial charge in [-0.3, -0.25) is 4.90 Å². The van der Waals surface area contributed by atoms with Crippen LogP contribution in [0.3, 0.4) is 0 Å². The van der Waals surface area contributed by atoms with Crippen LogP contribution in [0.1, 0.15) is 623 Å². The molecule has 2 aromatic rings. The molecule has 116 heavy (non-hydrogen) atoms. The van der Waals surface area contributed by atoms with Crippen molar-refractivity contribution in [1.29, 1.82) is 0 Å². The zero-order valence-corrected chi connectivity index (χ0v) is 81.0. The third-order valence-electron chi connectivity index (χ3n) is 27.0. The van der Waals surface area contributed by atoms with E-state index >= 15 is 0 Å². The summed E-state index contributed by atoms with van der Waals surface area (Å²) in [6, 6.07) is 15.3. The molecule has 0 heterocycles. The maximum Gasteiger partial charge on any atom is 0.0262 e. The topological polar surface area (TPSA) is 3.24 Å². The number of allylic oxidation sites excluding steroid dienone is 1. The molecule has 0 atom stereocenters. The number of benzene rings is 2. The quantitative estimate of drug-likeness (QED) is 0.0471. The van der Waals surface area contributed by atoms with E-state index in [1.807, 2.05) is 0 Å². The van der Waals surface area contributed by atoms with Gasteiger partial charge in [0.1, 0.15) is 0 Å². The van der Waals surface area contributed by atoms with Gasteiger partial charge in [0.15, 0.2) is 0 Å². The molecule has 0 aliphatic carbocycles. The molecule has 0 unspecified atom stereocenters. The number of likely N-dealkylation sites (N-methyl/N-ethyl adjacent to an activating group) is 1. The molecule has 0 amide bonds. The Hall–Kier alpha value is -1.75. The highest BCUT2D eigenvalue weighted by Gasteiger charge is 2.14. The Morgan fingerprint density at radius 3 is 0.629 bits per heavy atom. The van der Waals surface area contributed by atoms with E-state index < -0.39 is 0 Å². The first-order chi connectivity index (χ1) is 57.0. The zero-order valence-electron chi connectivity index (χ0n) is 80.2. The van der Waals surface area contributed by atoms with Gasteiger partial charge in [0, 0.05) is 18.5 Å². The van der Waals surface area contributed by atoms with Crippen molar-refractivity contribution in [2.45, 2.75) is 624 Å². The van der Waals surface area contributed by atoms with E-state index in [1.165, 1.54) is 613 Å². The number of hydrogen-bond acceptors (Lipinski definition) is 1. The Morgan fingerprint density at radius 2 is 0.422 bits per heavy atom. The van der Waals surface area contributed by atoms with E-state index in [-0.39, 0.29) is 17.8 Å². The van der Waals surface area contributed by atoms with E-state index in [0.717, 1.165) is 13.1 Å². The summed E-state index contributed by atoms with van der Waals surface area (Å²) in [5.41, 5.74) is 1.49. The third-order valence-corrected chi connectivity index (χ3v) is 27.0. The summed E-state index contributed by atoms with van der Waals surface area (Å²) in [6.45, 7) is 8.82. The van der Waals surface area contributed by atoms with E-state index in [0.29, 0.717) is 0 Å². The van der Waals surface area contributed by atoms with Crippen molar-refractivity contribution in [3.63, 3.8) is 0 Å². The number of halogens is 1. The molecule has 0 fully saturated rings. The van der Waals surface area contributed by atoms with E-state index in [4.69, 9.17) is 0 Å². The fourth-order valence-corrected chi connectivity index (χ4v) is 18.9. The van der Waals surface area contributed by atoms with Gasteiger partial charge in [-0.2, -0.15) is 0 Å².